The van der Waals surface area contributed by atoms with Crippen molar-refractivity contribution in [3.05, 3.63) is 0 Å². The van der Waals surface area contributed by atoms with Crippen LogP contribution in [0.25, 0.3) is 0 Å². The number of fused-ring (bicyclic) bond motifs is 1. The van der Waals surface area contributed by atoms with Crippen molar-refractivity contribution < 1.29 is 26.7 Å². The first-order chi connectivity index (χ1) is 14.5. The van der Waals surface area contributed by atoms with Crippen LogP contribution in [0.2, 0.25) is 0 Å². The number of amides is 1. The van der Waals surface area contributed by atoms with E-state index in [1.54, 1.807) is 0 Å². The summed E-state index contributed by atoms with van der Waals surface area (Å²) in [5.74, 6) is -2.07. The molecule has 1 aliphatic heterocycles. The molecule has 3 aliphatic rings. The first-order valence-corrected chi connectivity index (χ1v) is 11.0. The van der Waals surface area contributed by atoms with Gasteiger partial charge < -0.3 is 5.32 Å². The number of nitrogens with zero attached hydrogens (tertiary/aromatic N) is 1. The van der Waals surface area contributed by atoms with Crippen LogP contribution in [0.4, 0.5) is 22.0 Å². The van der Waals surface area contributed by atoms with E-state index in [1.807, 2.05) is 13.8 Å². The molecule has 2 aliphatic carbocycles. The second-order valence-corrected chi connectivity index (χ2v) is 9.35. The number of guanidine groups is 1. The first-order valence-electron chi connectivity index (χ1n) is 11.0. The largest absolute Gasteiger partial charge is 0.391 e. The van der Waals surface area contributed by atoms with Gasteiger partial charge in [0.15, 0.2) is 5.96 Å². The van der Waals surface area contributed by atoms with Gasteiger partial charge >= 0.3 is 6.18 Å². The summed E-state index contributed by atoms with van der Waals surface area (Å²) in [5.41, 5.74) is 5.92. The molecular weight excluding hydrogens is 421 g/mol. The van der Waals surface area contributed by atoms with Crippen molar-refractivity contribution in [2.45, 2.75) is 83.1 Å². The normalized spacial score (nSPS) is 36.9. The lowest BCUT2D eigenvalue weighted by atomic mass is 9.78. The fraction of sp³-hybridized carbons (Fsp3) is 0.900. The Labute approximate surface area is 179 Å². The molecule has 0 bridgehead atoms. The molecule has 0 spiro atoms. The van der Waals surface area contributed by atoms with Crippen molar-refractivity contribution >= 4 is 11.9 Å². The highest BCUT2D eigenvalue weighted by atomic mass is 19.4. The Morgan fingerprint density at radius 1 is 1.06 bits per heavy atom. The molecule has 0 radical (unpaired) electrons. The minimum Gasteiger partial charge on any atom is -0.339 e. The number of carbonyl (C=O) groups is 1. The predicted molar refractivity (Wildman–Crippen MR) is 106 cm³/mol. The smallest absolute Gasteiger partial charge is 0.339 e. The highest BCUT2D eigenvalue weighted by Crippen LogP contribution is 2.41. The second kappa shape index (κ2) is 9.97. The van der Waals surface area contributed by atoms with E-state index in [4.69, 9.17) is 0 Å². The van der Waals surface area contributed by atoms with E-state index >= 15 is 0 Å². The molecule has 0 aromatic carbocycles. The van der Waals surface area contributed by atoms with Crippen LogP contribution < -0.4 is 21.5 Å². The number of hydrazine groups is 1. The van der Waals surface area contributed by atoms with Crippen LogP contribution in [-0.4, -0.2) is 49.1 Å². The van der Waals surface area contributed by atoms with Crippen molar-refractivity contribution in [1.82, 2.24) is 21.5 Å². The van der Waals surface area contributed by atoms with Crippen LogP contribution in [0.5, 0.6) is 0 Å². The number of hydrogen-bond acceptors (Lipinski definition) is 4. The van der Waals surface area contributed by atoms with Crippen molar-refractivity contribution in [3.8, 4) is 0 Å². The van der Waals surface area contributed by atoms with Gasteiger partial charge in [0.05, 0.1) is 12.1 Å². The molecule has 178 valence electrons. The molecule has 3 rings (SSSR count). The van der Waals surface area contributed by atoms with Gasteiger partial charge in [-0.25, -0.2) is 14.2 Å². The summed E-state index contributed by atoms with van der Waals surface area (Å²) in [6.07, 6.45) is -7.27. The minimum absolute atomic E-state index is 0.00335. The molecular formula is C20H32F5N5O. The number of aliphatic imine (C=N–C) groups is 1. The van der Waals surface area contributed by atoms with Crippen LogP contribution in [0, 0.1) is 23.7 Å². The molecule has 31 heavy (non-hydrogen) atoms. The van der Waals surface area contributed by atoms with Crippen LogP contribution in [0.1, 0.15) is 52.4 Å². The Hall–Kier alpha value is -1.49. The van der Waals surface area contributed by atoms with Crippen molar-refractivity contribution in [1.29, 1.82) is 0 Å². The molecule has 2 saturated carbocycles. The van der Waals surface area contributed by atoms with Crippen LogP contribution in [0.15, 0.2) is 4.99 Å². The molecule has 1 heterocycles. The highest BCUT2D eigenvalue weighted by Gasteiger charge is 2.48. The number of rotatable bonds is 4. The van der Waals surface area contributed by atoms with Gasteiger partial charge in [0.2, 0.25) is 5.91 Å². The summed E-state index contributed by atoms with van der Waals surface area (Å²) in [7, 11) is 0. The molecule has 1 amide bonds. The topological polar surface area (TPSA) is 77.5 Å². The zero-order valence-corrected chi connectivity index (χ0v) is 17.8. The molecule has 3 fully saturated rings. The van der Waals surface area contributed by atoms with E-state index in [0.29, 0.717) is 13.0 Å². The maximum Gasteiger partial charge on any atom is 0.391 e. The summed E-state index contributed by atoms with van der Waals surface area (Å²) in [6.45, 7) is 4.35. The fourth-order valence-electron chi connectivity index (χ4n) is 4.58. The Morgan fingerprint density at radius 3 is 2.45 bits per heavy atom. The molecule has 11 heteroatoms. The van der Waals surface area contributed by atoms with Crippen molar-refractivity contribution in [2.75, 3.05) is 6.54 Å². The summed E-state index contributed by atoms with van der Waals surface area (Å²) < 4.78 is 66.3. The Bertz CT molecular complexity index is 658. The lowest BCUT2D eigenvalue weighted by Gasteiger charge is -2.34. The summed E-state index contributed by atoms with van der Waals surface area (Å²) in [5, 5.41) is 5.81. The molecule has 6 nitrogen and oxygen atoms in total. The van der Waals surface area contributed by atoms with Gasteiger partial charge in [-0.05, 0) is 44.4 Å². The van der Waals surface area contributed by atoms with E-state index < -0.39 is 42.4 Å². The molecule has 7 atom stereocenters. The number of halogens is 5. The summed E-state index contributed by atoms with van der Waals surface area (Å²) in [4.78, 5) is 17.0. The standard InChI is InChI=1S/C20H32F5N5O/c1-10(2)9-26-19(28-18(31)11-3-6-14(21)15(22)7-11)27-17-13-5-4-12(20(23,24)25)8-16(13)29-30-17/h10-17,29-30H,3-9H2,1-2H3,(H2,26,27,28,31). The number of nitrogens with one attached hydrogen (secondary N) is 4. The monoisotopic (exact) mass is 453 g/mol. The van der Waals surface area contributed by atoms with Crippen LogP contribution >= 0.6 is 0 Å². The van der Waals surface area contributed by atoms with Crippen molar-refractivity contribution in [3.63, 3.8) is 0 Å². The van der Waals surface area contributed by atoms with Gasteiger partial charge in [-0.1, -0.05) is 13.8 Å². The van der Waals surface area contributed by atoms with E-state index in [9.17, 15) is 26.7 Å². The van der Waals surface area contributed by atoms with E-state index in [2.05, 4.69) is 26.5 Å². The summed E-state index contributed by atoms with van der Waals surface area (Å²) in [6, 6.07) is -0.341. The zero-order valence-electron chi connectivity index (χ0n) is 17.8. The Morgan fingerprint density at radius 2 is 1.81 bits per heavy atom. The Kier molecular flexibility index (Phi) is 7.77. The molecule has 7 unspecified atom stereocenters. The predicted octanol–water partition coefficient (Wildman–Crippen LogP) is 2.96. The first kappa shape index (κ1) is 24.2. The third-order valence-corrected chi connectivity index (χ3v) is 6.43. The van der Waals surface area contributed by atoms with Gasteiger partial charge in [0, 0.05) is 24.4 Å². The maximum absolute atomic E-state index is 13.7. The SMILES string of the molecule is CC(C)CN=C(NC(=O)C1CCC(F)C(F)C1)NC1NNC2CC(C(F)(F)F)CCC21. The average molecular weight is 454 g/mol. The quantitative estimate of drug-likeness (QED) is 0.300. The fourth-order valence-corrected chi connectivity index (χ4v) is 4.58. The lowest BCUT2D eigenvalue weighted by molar-refractivity contribution is -0.185. The third kappa shape index (κ3) is 6.27. The van der Waals surface area contributed by atoms with Gasteiger partial charge in [-0.2, -0.15) is 13.2 Å². The highest BCUT2D eigenvalue weighted by molar-refractivity contribution is 5.98. The van der Waals surface area contributed by atoms with Gasteiger partial charge in [-0.15, -0.1) is 0 Å². The van der Waals surface area contributed by atoms with Crippen LogP contribution in [-0.2, 0) is 4.79 Å². The maximum atomic E-state index is 13.7. The number of carbonyl (C=O) groups excluding carboxylic acids is 1. The average Bonchev–Trinajstić information content (AvgIpc) is 3.09. The summed E-state index contributed by atoms with van der Waals surface area (Å²) >= 11 is 0. The van der Waals surface area contributed by atoms with E-state index in [0.717, 1.165) is 0 Å². The zero-order chi connectivity index (χ0) is 22.8. The molecule has 0 aromatic rings. The van der Waals surface area contributed by atoms with E-state index in [1.165, 1.54) is 0 Å². The molecule has 0 aromatic heterocycles. The lowest BCUT2D eigenvalue weighted by Crippen LogP contribution is -2.54. The number of hydrogen-bond donors (Lipinski definition) is 4. The molecule has 1 saturated heterocycles. The van der Waals surface area contributed by atoms with Crippen LogP contribution in [0.3, 0.4) is 0 Å². The second-order valence-electron chi connectivity index (χ2n) is 9.35. The van der Waals surface area contributed by atoms with E-state index in [-0.39, 0.29) is 55.9 Å². The third-order valence-electron chi connectivity index (χ3n) is 6.43. The molecule has 4 N–H and O–H groups in total. The number of alkyl halides is 5. The van der Waals surface area contributed by atoms with Gasteiger partial charge in [-0.3, -0.25) is 20.5 Å². The minimum atomic E-state index is -4.21. The van der Waals surface area contributed by atoms with Gasteiger partial charge in [0.1, 0.15) is 12.3 Å². The van der Waals surface area contributed by atoms with Crippen molar-refractivity contribution in [2.24, 2.45) is 28.7 Å². The van der Waals surface area contributed by atoms with Gasteiger partial charge in [0.25, 0.3) is 0 Å². The Balaban J connectivity index is 1.61.